The van der Waals surface area contributed by atoms with E-state index in [0.717, 1.165) is 16.5 Å². The summed E-state index contributed by atoms with van der Waals surface area (Å²) in [6, 6.07) is 15.2. The molecule has 1 heterocycles. The maximum Gasteiger partial charge on any atom is 0.231 e. The molecule has 0 aliphatic carbocycles. The summed E-state index contributed by atoms with van der Waals surface area (Å²) < 4.78 is 0. The number of benzene rings is 2. The minimum absolute atomic E-state index is 0.283. The highest BCUT2D eigenvalue weighted by molar-refractivity contribution is 6.31. The monoisotopic (exact) mass is 298 g/mol. The van der Waals surface area contributed by atoms with Crippen LogP contribution in [0.5, 0.6) is 0 Å². The van der Waals surface area contributed by atoms with Crippen LogP contribution in [-0.4, -0.2) is 9.91 Å². The quantitative estimate of drug-likeness (QED) is 0.534. The van der Waals surface area contributed by atoms with Crippen LogP contribution < -0.4 is 0 Å². The van der Waals surface area contributed by atoms with E-state index in [4.69, 9.17) is 11.6 Å². The second-order valence-corrected chi connectivity index (χ2v) is 5.15. The Balaban J connectivity index is 2.16. The van der Waals surface area contributed by atoms with E-state index in [1.165, 1.54) is 0 Å². The van der Waals surface area contributed by atoms with Gasteiger partial charge in [0.05, 0.1) is 11.1 Å². The van der Waals surface area contributed by atoms with Gasteiger partial charge in [0.25, 0.3) is 0 Å². The SMILES string of the molecule is O=[N+]([O-])Cc1cc(Cl)cc2cc(-c3ccccc3)cnc12. The Bertz CT molecular complexity index is 819. The summed E-state index contributed by atoms with van der Waals surface area (Å²) in [5, 5.41) is 12.0. The molecule has 0 N–H and O–H groups in total. The van der Waals surface area contributed by atoms with Gasteiger partial charge in [-0.1, -0.05) is 41.9 Å². The predicted molar refractivity (Wildman–Crippen MR) is 82.9 cm³/mol. The number of fused-ring (bicyclic) bond motifs is 1. The fourth-order valence-corrected chi connectivity index (χ4v) is 2.58. The Hall–Kier alpha value is -2.46. The van der Waals surface area contributed by atoms with Gasteiger partial charge in [0.15, 0.2) is 0 Å². The third kappa shape index (κ3) is 2.85. The van der Waals surface area contributed by atoms with Gasteiger partial charge in [-0.2, -0.15) is 0 Å². The maximum atomic E-state index is 10.7. The van der Waals surface area contributed by atoms with Crippen LogP contribution in [0.4, 0.5) is 0 Å². The van der Waals surface area contributed by atoms with Crippen LogP contribution >= 0.6 is 11.6 Å². The number of nitro groups is 1. The largest absolute Gasteiger partial charge is 0.264 e. The van der Waals surface area contributed by atoms with E-state index in [-0.39, 0.29) is 11.5 Å². The van der Waals surface area contributed by atoms with Gasteiger partial charge in [-0.25, -0.2) is 0 Å². The summed E-state index contributed by atoms with van der Waals surface area (Å²) in [5.41, 5.74) is 3.15. The highest BCUT2D eigenvalue weighted by Crippen LogP contribution is 2.27. The number of rotatable bonds is 3. The molecule has 0 aliphatic rings. The second-order valence-electron chi connectivity index (χ2n) is 4.72. The van der Waals surface area contributed by atoms with Crippen LogP contribution in [0.1, 0.15) is 5.56 Å². The average Bonchev–Trinajstić information content (AvgIpc) is 2.46. The molecule has 2 aromatic carbocycles. The summed E-state index contributed by atoms with van der Waals surface area (Å²) in [4.78, 5) is 14.8. The minimum Gasteiger partial charge on any atom is -0.264 e. The average molecular weight is 299 g/mol. The molecule has 1 aromatic heterocycles. The van der Waals surface area contributed by atoms with Gasteiger partial charge < -0.3 is 0 Å². The lowest BCUT2D eigenvalue weighted by Gasteiger charge is -2.07. The van der Waals surface area contributed by atoms with Crippen molar-refractivity contribution in [3.05, 3.63) is 75.4 Å². The summed E-state index contributed by atoms with van der Waals surface area (Å²) in [5.74, 6) is 0. The highest BCUT2D eigenvalue weighted by Gasteiger charge is 2.11. The van der Waals surface area contributed by atoms with E-state index < -0.39 is 0 Å². The molecule has 104 valence electrons. The van der Waals surface area contributed by atoms with Crippen molar-refractivity contribution in [2.45, 2.75) is 6.54 Å². The zero-order valence-electron chi connectivity index (χ0n) is 11.0. The molecule has 0 saturated heterocycles. The van der Waals surface area contributed by atoms with E-state index in [2.05, 4.69) is 4.98 Å². The van der Waals surface area contributed by atoms with Gasteiger partial charge in [0, 0.05) is 27.1 Å². The lowest BCUT2D eigenvalue weighted by atomic mass is 10.0. The van der Waals surface area contributed by atoms with Crippen LogP contribution in [0.3, 0.4) is 0 Å². The van der Waals surface area contributed by atoms with E-state index in [1.807, 2.05) is 36.4 Å². The zero-order valence-corrected chi connectivity index (χ0v) is 11.7. The molecule has 0 spiro atoms. The third-order valence-electron chi connectivity index (χ3n) is 3.23. The Kier molecular flexibility index (Phi) is 3.54. The number of hydrogen-bond donors (Lipinski definition) is 0. The van der Waals surface area contributed by atoms with Crippen LogP contribution in [0.2, 0.25) is 5.02 Å². The number of pyridine rings is 1. The normalized spacial score (nSPS) is 10.7. The Morgan fingerprint density at radius 2 is 1.86 bits per heavy atom. The van der Waals surface area contributed by atoms with E-state index >= 15 is 0 Å². The van der Waals surface area contributed by atoms with Gasteiger partial charge in [-0.3, -0.25) is 15.1 Å². The number of hydrogen-bond acceptors (Lipinski definition) is 3. The van der Waals surface area contributed by atoms with Crippen molar-refractivity contribution in [1.29, 1.82) is 0 Å². The molecule has 0 atom stereocenters. The van der Waals surface area contributed by atoms with Crippen molar-refractivity contribution < 1.29 is 4.92 Å². The Morgan fingerprint density at radius 3 is 2.57 bits per heavy atom. The fraction of sp³-hybridized carbons (Fsp3) is 0.0625. The van der Waals surface area contributed by atoms with E-state index in [0.29, 0.717) is 16.1 Å². The van der Waals surface area contributed by atoms with Crippen LogP contribution in [-0.2, 0) is 6.54 Å². The van der Waals surface area contributed by atoms with Crippen molar-refractivity contribution >= 4 is 22.5 Å². The minimum atomic E-state index is -0.377. The summed E-state index contributed by atoms with van der Waals surface area (Å²) in [7, 11) is 0. The van der Waals surface area contributed by atoms with Gasteiger partial charge in [0.2, 0.25) is 6.54 Å². The molecular weight excluding hydrogens is 288 g/mol. The molecule has 4 nitrogen and oxygen atoms in total. The standard InChI is InChI=1S/C16H11ClN2O2/c17-15-7-12-6-13(11-4-2-1-3-5-11)9-18-16(12)14(8-15)10-19(20)21/h1-9H,10H2. The predicted octanol–water partition coefficient (Wildman–Crippen LogP) is 4.33. The molecule has 0 radical (unpaired) electrons. The summed E-state index contributed by atoms with van der Waals surface area (Å²) >= 11 is 6.06. The molecule has 0 aliphatic heterocycles. The molecule has 0 saturated carbocycles. The zero-order chi connectivity index (χ0) is 14.8. The molecule has 5 heteroatoms. The Labute approximate surface area is 126 Å². The van der Waals surface area contributed by atoms with Gasteiger partial charge >= 0.3 is 0 Å². The second kappa shape index (κ2) is 5.50. The van der Waals surface area contributed by atoms with E-state index in [1.54, 1.807) is 18.3 Å². The molecule has 3 aromatic rings. The smallest absolute Gasteiger partial charge is 0.231 e. The lowest BCUT2D eigenvalue weighted by molar-refractivity contribution is -0.496. The first-order chi connectivity index (χ1) is 10.1. The van der Waals surface area contributed by atoms with Gasteiger partial charge in [-0.15, -0.1) is 0 Å². The van der Waals surface area contributed by atoms with Crippen molar-refractivity contribution in [1.82, 2.24) is 4.98 Å². The molecular formula is C16H11ClN2O2. The first-order valence-corrected chi connectivity index (χ1v) is 6.77. The molecule has 21 heavy (non-hydrogen) atoms. The molecule has 3 rings (SSSR count). The third-order valence-corrected chi connectivity index (χ3v) is 3.45. The molecule has 0 unspecified atom stereocenters. The number of halogens is 1. The highest BCUT2D eigenvalue weighted by atomic mass is 35.5. The molecule has 0 fully saturated rings. The van der Waals surface area contributed by atoms with Crippen molar-refractivity contribution in [3.8, 4) is 11.1 Å². The van der Waals surface area contributed by atoms with E-state index in [9.17, 15) is 10.1 Å². The first kappa shape index (κ1) is 13.5. The van der Waals surface area contributed by atoms with Crippen molar-refractivity contribution in [3.63, 3.8) is 0 Å². The van der Waals surface area contributed by atoms with Gasteiger partial charge in [-0.05, 0) is 23.8 Å². The number of aromatic nitrogens is 1. The van der Waals surface area contributed by atoms with Gasteiger partial charge in [0.1, 0.15) is 0 Å². The van der Waals surface area contributed by atoms with Crippen LogP contribution in [0.25, 0.3) is 22.0 Å². The lowest BCUT2D eigenvalue weighted by Crippen LogP contribution is -2.00. The summed E-state index contributed by atoms with van der Waals surface area (Å²) in [6.45, 7) is -0.283. The first-order valence-electron chi connectivity index (χ1n) is 6.39. The van der Waals surface area contributed by atoms with Crippen LogP contribution in [0.15, 0.2) is 54.7 Å². The maximum absolute atomic E-state index is 10.7. The number of nitrogens with zero attached hydrogens (tertiary/aromatic N) is 2. The molecule has 0 bridgehead atoms. The van der Waals surface area contributed by atoms with Crippen molar-refractivity contribution in [2.24, 2.45) is 0 Å². The Morgan fingerprint density at radius 1 is 1.10 bits per heavy atom. The fourth-order valence-electron chi connectivity index (χ4n) is 2.33. The summed E-state index contributed by atoms with van der Waals surface area (Å²) in [6.07, 6.45) is 1.73. The molecule has 0 amide bonds. The van der Waals surface area contributed by atoms with Crippen LogP contribution in [0, 0.1) is 10.1 Å². The van der Waals surface area contributed by atoms with Crippen molar-refractivity contribution in [2.75, 3.05) is 0 Å². The topological polar surface area (TPSA) is 56.0 Å².